The summed E-state index contributed by atoms with van der Waals surface area (Å²) in [7, 11) is 0.115. The van der Waals surface area contributed by atoms with E-state index in [4.69, 9.17) is 5.11 Å². The van der Waals surface area contributed by atoms with Gasteiger partial charge in [-0.25, -0.2) is 0 Å². The molecule has 0 aliphatic heterocycles. The molecule has 0 spiro atoms. The van der Waals surface area contributed by atoms with Crippen LogP contribution in [0.4, 0.5) is 0 Å². The summed E-state index contributed by atoms with van der Waals surface area (Å²) in [5, 5.41) is 8.75. The summed E-state index contributed by atoms with van der Waals surface area (Å²) >= 11 is 0. The van der Waals surface area contributed by atoms with Gasteiger partial charge in [0.15, 0.2) is 8.46 Å². The minimum atomic E-state index is -0.774. The summed E-state index contributed by atoms with van der Waals surface area (Å²) in [5.74, 6) is -0.582. The summed E-state index contributed by atoms with van der Waals surface area (Å²) < 4.78 is 10.8. The summed E-state index contributed by atoms with van der Waals surface area (Å²) in [6.07, 6.45) is 2.32. The molecule has 1 unspecified atom stereocenters. The highest BCUT2D eigenvalue weighted by atomic mass is 31.1. The first-order valence-electron chi connectivity index (χ1n) is 6.09. The number of carbonyl (C=O) groups is 1. The highest BCUT2D eigenvalue weighted by Gasteiger charge is 2.33. The van der Waals surface area contributed by atoms with Gasteiger partial charge in [0.2, 0.25) is 0 Å². The lowest BCUT2D eigenvalue weighted by Crippen LogP contribution is -2.30. The number of carboxylic acid groups (broad SMARTS) is 1. The summed E-state index contributed by atoms with van der Waals surface area (Å²) in [5.41, 5.74) is 0.218. The monoisotopic (exact) mass is 260 g/mol. The first-order chi connectivity index (χ1) is 7.58. The Hall–Kier alpha value is -0.430. The lowest BCUT2D eigenvalue weighted by atomic mass is 9.68. The molecule has 0 aliphatic carbocycles. The van der Waals surface area contributed by atoms with Gasteiger partial charge >= 0.3 is 5.97 Å². The zero-order valence-electron chi connectivity index (χ0n) is 11.6. The van der Waals surface area contributed by atoms with Crippen molar-refractivity contribution < 1.29 is 14.5 Å². The second-order valence-corrected chi connectivity index (χ2v) is 7.29. The van der Waals surface area contributed by atoms with E-state index in [2.05, 4.69) is 34.6 Å². The van der Waals surface area contributed by atoms with Gasteiger partial charge in [-0.2, -0.15) is 0 Å². The van der Waals surface area contributed by atoms with Crippen molar-refractivity contribution in [2.24, 2.45) is 16.7 Å². The zero-order chi connectivity index (χ0) is 13.7. The van der Waals surface area contributed by atoms with E-state index in [0.29, 0.717) is 12.6 Å². The molecule has 0 aromatic carbocycles. The van der Waals surface area contributed by atoms with Crippen LogP contribution in [0.3, 0.4) is 0 Å². The fourth-order valence-electron chi connectivity index (χ4n) is 2.63. The molecule has 0 radical (unpaired) electrons. The van der Waals surface area contributed by atoms with Crippen LogP contribution in [0.15, 0.2) is 0 Å². The minimum absolute atomic E-state index is 0.0190. The largest absolute Gasteiger partial charge is 0.481 e. The Labute approximate surface area is 106 Å². The van der Waals surface area contributed by atoms with Crippen LogP contribution >= 0.6 is 8.46 Å². The minimum Gasteiger partial charge on any atom is -0.481 e. The SMILES string of the molecule is CC(C)(C)CC(C)(C)C(CCC(=O)O)CP=O. The molecular formula is C13H25O3P. The molecule has 0 fully saturated rings. The molecule has 4 heteroatoms. The van der Waals surface area contributed by atoms with Gasteiger partial charge in [0.25, 0.3) is 0 Å². The van der Waals surface area contributed by atoms with E-state index in [1.165, 1.54) is 0 Å². The third-order valence-electron chi connectivity index (χ3n) is 3.09. The molecule has 0 aromatic heterocycles. The van der Waals surface area contributed by atoms with Gasteiger partial charge in [0, 0.05) is 12.6 Å². The number of aliphatic carboxylic acids is 1. The predicted octanol–water partition coefficient (Wildman–Crippen LogP) is 4.22. The molecule has 17 heavy (non-hydrogen) atoms. The van der Waals surface area contributed by atoms with E-state index in [1.807, 2.05) is 0 Å². The summed E-state index contributed by atoms with van der Waals surface area (Å²) in [6.45, 7) is 10.8. The highest BCUT2D eigenvalue weighted by Crippen LogP contribution is 2.42. The van der Waals surface area contributed by atoms with Crippen molar-refractivity contribution in [3.8, 4) is 0 Å². The fraction of sp³-hybridized carbons (Fsp3) is 0.923. The second kappa shape index (κ2) is 6.49. The molecular weight excluding hydrogens is 235 g/mol. The second-order valence-electron chi connectivity index (χ2n) is 6.67. The lowest BCUT2D eigenvalue weighted by molar-refractivity contribution is -0.137. The third kappa shape index (κ3) is 7.49. The molecule has 0 heterocycles. The van der Waals surface area contributed by atoms with Crippen molar-refractivity contribution in [2.75, 3.05) is 6.16 Å². The zero-order valence-corrected chi connectivity index (χ0v) is 12.5. The van der Waals surface area contributed by atoms with Gasteiger partial charge < -0.3 is 5.11 Å². The van der Waals surface area contributed by atoms with Crippen LogP contribution in [0.1, 0.15) is 53.9 Å². The average Bonchev–Trinajstić information content (AvgIpc) is 2.07. The molecule has 1 N–H and O–H groups in total. The Morgan fingerprint density at radius 2 is 1.76 bits per heavy atom. The standard InChI is InChI=1S/C13H25O3P/c1-12(2,3)9-13(4,5)10(8-17-16)6-7-11(14)15/h10H,6-9H2,1-5H3,(H,14,15). The maximum atomic E-state index is 10.8. The lowest BCUT2D eigenvalue weighted by Gasteiger charge is -2.38. The van der Waals surface area contributed by atoms with E-state index < -0.39 is 5.97 Å². The van der Waals surface area contributed by atoms with Crippen molar-refractivity contribution in [3.05, 3.63) is 0 Å². The van der Waals surface area contributed by atoms with Crippen LogP contribution in [0, 0.1) is 16.7 Å². The Balaban J connectivity index is 4.64. The Morgan fingerprint density at radius 1 is 1.24 bits per heavy atom. The van der Waals surface area contributed by atoms with Gasteiger partial charge in [-0.15, -0.1) is 0 Å². The molecule has 3 nitrogen and oxygen atoms in total. The van der Waals surface area contributed by atoms with Crippen molar-refractivity contribution >= 4 is 14.4 Å². The van der Waals surface area contributed by atoms with Crippen molar-refractivity contribution in [3.63, 3.8) is 0 Å². The van der Waals surface area contributed by atoms with Crippen LogP contribution < -0.4 is 0 Å². The molecule has 0 aliphatic rings. The Kier molecular flexibility index (Phi) is 6.32. The van der Waals surface area contributed by atoms with Crippen LogP contribution in [-0.2, 0) is 9.36 Å². The van der Waals surface area contributed by atoms with Gasteiger partial charge in [-0.1, -0.05) is 34.6 Å². The average molecular weight is 260 g/mol. The van der Waals surface area contributed by atoms with Crippen molar-refractivity contribution in [2.45, 2.75) is 53.9 Å². The van der Waals surface area contributed by atoms with Gasteiger partial charge in [0.05, 0.1) is 0 Å². The van der Waals surface area contributed by atoms with E-state index >= 15 is 0 Å². The summed E-state index contributed by atoms with van der Waals surface area (Å²) in [4.78, 5) is 10.6. The molecule has 0 saturated carbocycles. The van der Waals surface area contributed by atoms with E-state index in [1.54, 1.807) is 0 Å². The number of hydrogen-bond acceptors (Lipinski definition) is 2. The fourth-order valence-corrected chi connectivity index (χ4v) is 3.48. The number of carboxylic acids is 1. The Morgan fingerprint density at radius 3 is 2.12 bits per heavy atom. The van der Waals surface area contributed by atoms with Gasteiger partial charge in [0.1, 0.15) is 0 Å². The van der Waals surface area contributed by atoms with Crippen LogP contribution in [0.25, 0.3) is 0 Å². The quantitative estimate of drug-likeness (QED) is 0.697. The Bertz CT molecular complexity index is 266. The van der Waals surface area contributed by atoms with E-state index in [-0.39, 0.29) is 31.6 Å². The van der Waals surface area contributed by atoms with Gasteiger partial charge in [-0.3, -0.25) is 9.36 Å². The molecule has 0 rings (SSSR count). The van der Waals surface area contributed by atoms with Crippen molar-refractivity contribution in [1.82, 2.24) is 0 Å². The molecule has 0 amide bonds. The van der Waals surface area contributed by atoms with Gasteiger partial charge in [-0.05, 0) is 29.6 Å². The normalized spacial score (nSPS) is 14.9. The topological polar surface area (TPSA) is 54.4 Å². The van der Waals surface area contributed by atoms with E-state index in [0.717, 1.165) is 6.42 Å². The number of hydrogen-bond donors (Lipinski definition) is 1. The molecule has 0 saturated heterocycles. The first kappa shape index (κ1) is 16.6. The smallest absolute Gasteiger partial charge is 0.303 e. The van der Waals surface area contributed by atoms with Crippen LogP contribution in [0.2, 0.25) is 0 Å². The predicted molar refractivity (Wildman–Crippen MR) is 70.7 cm³/mol. The summed E-state index contributed by atoms with van der Waals surface area (Å²) in [6, 6.07) is 0. The third-order valence-corrected chi connectivity index (χ3v) is 3.68. The maximum Gasteiger partial charge on any atom is 0.303 e. The molecule has 1 atom stereocenters. The van der Waals surface area contributed by atoms with Crippen LogP contribution in [-0.4, -0.2) is 17.2 Å². The molecule has 0 bridgehead atoms. The highest BCUT2D eigenvalue weighted by molar-refractivity contribution is 7.23. The maximum absolute atomic E-state index is 10.8. The van der Waals surface area contributed by atoms with E-state index in [9.17, 15) is 9.36 Å². The van der Waals surface area contributed by atoms with Crippen molar-refractivity contribution in [1.29, 1.82) is 0 Å². The molecule has 100 valence electrons. The first-order valence-corrected chi connectivity index (χ1v) is 7.09. The molecule has 0 aromatic rings. The number of rotatable bonds is 7. The van der Waals surface area contributed by atoms with Crippen LogP contribution in [0.5, 0.6) is 0 Å².